The Kier molecular flexibility index (Phi) is 3.64. The topological polar surface area (TPSA) is 38.1 Å². The Hall–Kier alpha value is -1.58. The normalized spacial score (nSPS) is 25.0. The molecule has 1 aromatic heterocycles. The van der Waals surface area contributed by atoms with Gasteiger partial charge in [-0.3, -0.25) is 9.48 Å². The van der Waals surface area contributed by atoms with Crippen molar-refractivity contribution in [2.24, 2.45) is 11.8 Å². The van der Waals surface area contributed by atoms with Crippen molar-refractivity contribution in [3.63, 3.8) is 0 Å². The number of amides is 1. The Morgan fingerprint density at radius 2 is 1.95 bits per heavy atom. The number of fused-ring (bicyclic) bond motifs is 1. The highest BCUT2D eigenvalue weighted by Gasteiger charge is 2.36. The molecular weight excluding hydrogens is 250 g/mol. The van der Waals surface area contributed by atoms with Gasteiger partial charge in [-0.25, -0.2) is 0 Å². The first-order valence-electron chi connectivity index (χ1n) is 7.67. The Bertz CT molecular complexity index is 516. The van der Waals surface area contributed by atoms with Crippen LogP contribution in [0.4, 0.5) is 0 Å². The number of hydrogen-bond acceptors (Lipinski definition) is 2. The molecule has 1 fully saturated rings. The summed E-state index contributed by atoms with van der Waals surface area (Å²) in [6.07, 6.45) is 9.56. The summed E-state index contributed by atoms with van der Waals surface area (Å²) in [6.45, 7) is 6.83. The van der Waals surface area contributed by atoms with E-state index in [0.29, 0.717) is 11.8 Å². The van der Waals surface area contributed by atoms with Crippen LogP contribution in [0.1, 0.15) is 42.2 Å². The van der Waals surface area contributed by atoms with Crippen LogP contribution < -0.4 is 0 Å². The van der Waals surface area contributed by atoms with Crippen molar-refractivity contribution in [1.82, 2.24) is 14.7 Å². The lowest BCUT2D eigenvalue weighted by atomic mass is 9.86. The minimum absolute atomic E-state index is 0.166. The van der Waals surface area contributed by atoms with Gasteiger partial charge in [0.2, 0.25) is 0 Å². The second kappa shape index (κ2) is 5.43. The summed E-state index contributed by atoms with van der Waals surface area (Å²) in [7, 11) is 0. The quantitative estimate of drug-likeness (QED) is 0.794. The number of hydrogen-bond donors (Lipinski definition) is 0. The minimum Gasteiger partial charge on any atom is -0.338 e. The number of rotatable bonds is 3. The molecule has 0 N–H and O–H groups in total. The van der Waals surface area contributed by atoms with E-state index in [1.165, 1.54) is 0 Å². The van der Waals surface area contributed by atoms with Gasteiger partial charge >= 0.3 is 0 Å². The predicted octanol–water partition coefficient (Wildman–Crippen LogP) is 2.64. The van der Waals surface area contributed by atoms with Crippen molar-refractivity contribution in [1.29, 1.82) is 0 Å². The summed E-state index contributed by atoms with van der Waals surface area (Å²) >= 11 is 0. The van der Waals surface area contributed by atoms with Gasteiger partial charge in [0, 0.05) is 25.3 Å². The van der Waals surface area contributed by atoms with Gasteiger partial charge in [-0.15, -0.1) is 0 Å². The molecule has 2 aliphatic rings. The van der Waals surface area contributed by atoms with E-state index < -0.39 is 0 Å². The summed E-state index contributed by atoms with van der Waals surface area (Å²) in [4.78, 5) is 14.7. The van der Waals surface area contributed by atoms with Crippen molar-refractivity contribution < 1.29 is 4.79 Å². The molecule has 1 aromatic rings. The zero-order chi connectivity index (χ0) is 14.1. The van der Waals surface area contributed by atoms with E-state index >= 15 is 0 Å². The molecule has 0 spiro atoms. The molecule has 2 heterocycles. The van der Waals surface area contributed by atoms with E-state index in [0.717, 1.165) is 50.2 Å². The standard InChI is InChI=1S/C16H23N3O/c1-3-8-19-12(2)15(9-17-19)16(20)18-10-13-6-4-5-7-14(13)11-18/h4-5,9,13-14H,3,6-8,10-11H2,1-2H3/t13-,14+. The third-order valence-corrected chi connectivity index (χ3v) is 4.68. The maximum atomic E-state index is 12.7. The average molecular weight is 273 g/mol. The average Bonchev–Trinajstić information content (AvgIpc) is 3.03. The molecule has 0 bridgehead atoms. The first kappa shape index (κ1) is 13.4. The molecule has 1 aliphatic heterocycles. The van der Waals surface area contributed by atoms with Crippen LogP contribution in [0.25, 0.3) is 0 Å². The number of carbonyl (C=O) groups is 1. The summed E-state index contributed by atoms with van der Waals surface area (Å²) in [5.41, 5.74) is 1.79. The maximum absolute atomic E-state index is 12.7. The molecule has 0 saturated carbocycles. The molecule has 1 aliphatic carbocycles. The fourth-order valence-electron chi connectivity index (χ4n) is 3.44. The molecule has 20 heavy (non-hydrogen) atoms. The van der Waals surface area contributed by atoms with Crippen molar-refractivity contribution >= 4 is 5.91 Å². The molecular formula is C16H23N3O. The van der Waals surface area contributed by atoms with E-state index in [2.05, 4.69) is 24.2 Å². The molecule has 108 valence electrons. The Labute approximate surface area is 120 Å². The summed E-state index contributed by atoms with van der Waals surface area (Å²) in [5, 5.41) is 4.35. The predicted molar refractivity (Wildman–Crippen MR) is 78.5 cm³/mol. The van der Waals surface area contributed by atoms with Gasteiger partial charge in [-0.2, -0.15) is 5.10 Å². The summed E-state index contributed by atoms with van der Waals surface area (Å²) in [5.74, 6) is 1.49. The monoisotopic (exact) mass is 273 g/mol. The van der Waals surface area contributed by atoms with E-state index in [1.807, 2.05) is 16.5 Å². The number of aromatic nitrogens is 2. The highest BCUT2D eigenvalue weighted by Crippen LogP contribution is 2.33. The van der Waals surface area contributed by atoms with Crippen LogP contribution in [0.3, 0.4) is 0 Å². The van der Waals surface area contributed by atoms with Crippen LogP contribution in [-0.4, -0.2) is 33.7 Å². The van der Waals surface area contributed by atoms with Gasteiger partial charge in [0.25, 0.3) is 5.91 Å². The van der Waals surface area contributed by atoms with Crippen LogP contribution in [0, 0.1) is 18.8 Å². The Morgan fingerprint density at radius 1 is 1.30 bits per heavy atom. The number of carbonyl (C=O) groups excluding carboxylic acids is 1. The summed E-state index contributed by atoms with van der Waals surface area (Å²) in [6, 6.07) is 0. The zero-order valence-corrected chi connectivity index (χ0v) is 12.4. The maximum Gasteiger partial charge on any atom is 0.257 e. The fraction of sp³-hybridized carbons (Fsp3) is 0.625. The molecule has 0 radical (unpaired) electrons. The highest BCUT2D eigenvalue weighted by atomic mass is 16.2. The van der Waals surface area contributed by atoms with Crippen LogP contribution >= 0.6 is 0 Å². The second-order valence-electron chi connectivity index (χ2n) is 6.04. The molecule has 4 heteroatoms. The van der Waals surface area contributed by atoms with E-state index in [9.17, 15) is 4.79 Å². The lowest BCUT2D eigenvalue weighted by Gasteiger charge is -2.17. The van der Waals surface area contributed by atoms with Crippen LogP contribution in [0.15, 0.2) is 18.3 Å². The summed E-state index contributed by atoms with van der Waals surface area (Å²) < 4.78 is 1.94. The van der Waals surface area contributed by atoms with E-state index in [4.69, 9.17) is 0 Å². The van der Waals surface area contributed by atoms with Crippen molar-refractivity contribution in [2.45, 2.75) is 39.7 Å². The Morgan fingerprint density at radius 3 is 2.55 bits per heavy atom. The zero-order valence-electron chi connectivity index (χ0n) is 12.4. The molecule has 0 aromatic carbocycles. The molecule has 4 nitrogen and oxygen atoms in total. The molecule has 3 rings (SSSR count). The first-order valence-corrected chi connectivity index (χ1v) is 7.67. The molecule has 2 atom stereocenters. The minimum atomic E-state index is 0.166. The van der Waals surface area contributed by atoms with Gasteiger partial charge in [0.05, 0.1) is 11.8 Å². The van der Waals surface area contributed by atoms with Gasteiger partial charge in [-0.05, 0) is 38.0 Å². The molecule has 1 amide bonds. The van der Waals surface area contributed by atoms with Gasteiger partial charge < -0.3 is 4.90 Å². The number of nitrogens with zero attached hydrogens (tertiary/aromatic N) is 3. The lowest BCUT2D eigenvalue weighted by molar-refractivity contribution is 0.0783. The number of aryl methyl sites for hydroxylation is 1. The van der Waals surface area contributed by atoms with Crippen LogP contribution in [-0.2, 0) is 6.54 Å². The van der Waals surface area contributed by atoms with E-state index in [-0.39, 0.29) is 5.91 Å². The first-order chi connectivity index (χ1) is 9.70. The fourth-order valence-corrected chi connectivity index (χ4v) is 3.44. The highest BCUT2D eigenvalue weighted by molar-refractivity contribution is 5.95. The smallest absolute Gasteiger partial charge is 0.257 e. The third-order valence-electron chi connectivity index (χ3n) is 4.68. The van der Waals surface area contributed by atoms with Gasteiger partial charge in [0.1, 0.15) is 0 Å². The van der Waals surface area contributed by atoms with Crippen LogP contribution in [0.5, 0.6) is 0 Å². The van der Waals surface area contributed by atoms with Gasteiger partial charge in [-0.1, -0.05) is 19.1 Å². The van der Waals surface area contributed by atoms with Crippen molar-refractivity contribution in [2.75, 3.05) is 13.1 Å². The SMILES string of the molecule is CCCn1ncc(C(=O)N2C[C@H]3CC=CC[C@H]3C2)c1C. The van der Waals surface area contributed by atoms with Crippen molar-refractivity contribution in [3.05, 3.63) is 29.6 Å². The largest absolute Gasteiger partial charge is 0.338 e. The Balaban J connectivity index is 1.74. The number of allylic oxidation sites excluding steroid dienone is 2. The second-order valence-corrected chi connectivity index (χ2v) is 6.04. The van der Waals surface area contributed by atoms with Gasteiger partial charge in [0.15, 0.2) is 0 Å². The van der Waals surface area contributed by atoms with E-state index in [1.54, 1.807) is 6.20 Å². The molecule has 1 saturated heterocycles. The number of likely N-dealkylation sites (tertiary alicyclic amines) is 1. The van der Waals surface area contributed by atoms with Crippen molar-refractivity contribution in [3.8, 4) is 0 Å². The third kappa shape index (κ3) is 2.28. The lowest BCUT2D eigenvalue weighted by Crippen LogP contribution is -2.29. The molecule has 0 unspecified atom stereocenters. The van der Waals surface area contributed by atoms with Crippen LogP contribution in [0.2, 0.25) is 0 Å².